The summed E-state index contributed by atoms with van der Waals surface area (Å²) in [6, 6.07) is 20.4. The van der Waals surface area contributed by atoms with Crippen molar-refractivity contribution in [2.75, 3.05) is 40.5 Å². The molecule has 4 rings (SSSR count). The monoisotopic (exact) mass is 446 g/mol. The van der Waals surface area contributed by atoms with Gasteiger partial charge in [0.15, 0.2) is 0 Å². The van der Waals surface area contributed by atoms with Crippen LogP contribution in [0, 0.1) is 5.82 Å². The molecule has 0 saturated carbocycles. The Labute approximate surface area is 192 Å². The highest BCUT2D eigenvalue weighted by Crippen LogP contribution is 2.22. The standard InChI is InChI=1S/C26H27FN4O2/c27-19-8-10-21(11-9-19)30-26(33)23-6-2-3-7-24(23)28-18-25(32)29-20-12-14-22(15-13-20)31-16-4-1-5-17-31/h2-3,6-15,28H,1,4-5,16-18H2,(H,29,32)(H,30,33). The first-order chi connectivity index (χ1) is 16.1. The lowest BCUT2D eigenvalue weighted by molar-refractivity contribution is -0.114. The largest absolute Gasteiger partial charge is 0.376 e. The second-order valence-corrected chi connectivity index (χ2v) is 8.00. The number of nitrogens with zero attached hydrogens (tertiary/aromatic N) is 1. The van der Waals surface area contributed by atoms with E-state index in [1.54, 1.807) is 24.3 Å². The van der Waals surface area contributed by atoms with Gasteiger partial charge in [0.1, 0.15) is 5.82 Å². The molecule has 7 heteroatoms. The number of piperidine rings is 1. The minimum Gasteiger partial charge on any atom is -0.376 e. The van der Waals surface area contributed by atoms with E-state index in [4.69, 9.17) is 0 Å². The summed E-state index contributed by atoms with van der Waals surface area (Å²) in [6.07, 6.45) is 3.72. The normalized spacial score (nSPS) is 13.3. The number of halogens is 1. The van der Waals surface area contributed by atoms with Gasteiger partial charge in [-0.25, -0.2) is 4.39 Å². The summed E-state index contributed by atoms with van der Waals surface area (Å²) in [5.41, 5.74) is 3.31. The smallest absolute Gasteiger partial charge is 0.257 e. The van der Waals surface area contributed by atoms with Crippen LogP contribution >= 0.6 is 0 Å². The molecule has 0 bridgehead atoms. The Kier molecular flexibility index (Phi) is 7.19. The molecule has 0 radical (unpaired) electrons. The predicted molar refractivity (Wildman–Crippen MR) is 130 cm³/mol. The lowest BCUT2D eigenvalue weighted by Gasteiger charge is -2.28. The fraction of sp³-hybridized carbons (Fsp3) is 0.231. The lowest BCUT2D eigenvalue weighted by Crippen LogP contribution is -2.29. The number of anilines is 4. The van der Waals surface area contributed by atoms with Crippen molar-refractivity contribution >= 4 is 34.6 Å². The summed E-state index contributed by atoms with van der Waals surface area (Å²) < 4.78 is 13.1. The topological polar surface area (TPSA) is 73.5 Å². The zero-order chi connectivity index (χ0) is 23.0. The SMILES string of the molecule is O=C(CNc1ccccc1C(=O)Nc1ccc(F)cc1)Nc1ccc(N2CCCCC2)cc1. The molecule has 1 aliphatic heterocycles. The highest BCUT2D eigenvalue weighted by Gasteiger charge is 2.13. The maximum Gasteiger partial charge on any atom is 0.257 e. The summed E-state index contributed by atoms with van der Waals surface area (Å²) in [7, 11) is 0. The van der Waals surface area contributed by atoms with Crippen molar-refractivity contribution in [1.82, 2.24) is 0 Å². The maximum absolute atomic E-state index is 13.1. The highest BCUT2D eigenvalue weighted by atomic mass is 19.1. The van der Waals surface area contributed by atoms with Crippen LogP contribution in [-0.2, 0) is 4.79 Å². The first kappa shape index (κ1) is 22.3. The fourth-order valence-electron chi connectivity index (χ4n) is 3.86. The Bertz CT molecular complexity index is 1090. The van der Waals surface area contributed by atoms with Crippen molar-refractivity contribution in [2.45, 2.75) is 19.3 Å². The number of hydrogen-bond donors (Lipinski definition) is 3. The molecule has 1 aliphatic rings. The summed E-state index contributed by atoms with van der Waals surface area (Å²) in [4.78, 5) is 27.5. The van der Waals surface area contributed by atoms with E-state index in [1.165, 1.54) is 49.2 Å². The summed E-state index contributed by atoms with van der Waals surface area (Å²) in [5.74, 6) is -0.935. The van der Waals surface area contributed by atoms with Crippen LogP contribution in [0.2, 0.25) is 0 Å². The van der Waals surface area contributed by atoms with Crippen LogP contribution in [0.4, 0.5) is 27.1 Å². The van der Waals surface area contributed by atoms with Crippen molar-refractivity contribution in [3.63, 3.8) is 0 Å². The van der Waals surface area contributed by atoms with Gasteiger partial charge in [0.2, 0.25) is 5.91 Å². The lowest BCUT2D eigenvalue weighted by atomic mass is 10.1. The Morgan fingerprint density at radius 1 is 0.788 bits per heavy atom. The van der Waals surface area contributed by atoms with Crippen LogP contribution in [0.3, 0.4) is 0 Å². The minimum atomic E-state index is -0.373. The number of nitrogens with one attached hydrogen (secondary N) is 3. The van der Waals surface area contributed by atoms with Crippen molar-refractivity contribution in [3.8, 4) is 0 Å². The van der Waals surface area contributed by atoms with E-state index in [0.29, 0.717) is 16.9 Å². The van der Waals surface area contributed by atoms with Crippen molar-refractivity contribution < 1.29 is 14.0 Å². The fourth-order valence-corrected chi connectivity index (χ4v) is 3.86. The van der Waals surface area contributed by atoms with Crippen LogP contribution < -0.4 is 20.9 Å². The maximum atomic E-state index is 13.1. The van der Waals surface area contributed by atoms with Gasteiger partial charge < -0.3 is 20.9 Å². The Hall–Kier alpha value is -3.87. The zero-order valence-corrected chi connectivity index (χ0v) is 18.3. The molecule has 170 valence electrons. The van der Waals surface area contributed by atoms with Gasteiger partial charge in [-0.1, -0.05) is 12.1 Å². The summed E-state index contributed by atoms with van der Waals surface area (Å²) in [6.45, 7) is 2.16. The van der Waals surface area contributed by atoms with Gasteiger partial charge in [-0.05, 0) is 79.9 Å². The van der Waals surface area contributed by atoms with E-state index in [-0.39, 0.29) is 24.2 Å². The van der Waals surface area contributed by atoms with Gasteiger partial charge in [0.05, 0.1) is 12.1 Å². The number of hydrogen-bond acceptors (Lipinski definition) is 4. The molecule has 6 nitrogen and oxygen atoms in total. The zero-order valence-electron chi connectivity index (χ0n) is 18.3. The Morgan fingerprint density at radius 2 is 1.42 bits per heavy atom. The van der Waals surface area contributed by atoms with E-state index >= 15 is 0 Å². The molecular formula is C26H27FN4O2. The van der Waals surface area contributed by atoms with Crippen LogP contribution in [0.15, 0.2) is 72.8 Å². The van der Waals surface area contributed by atoms with Gasteiger partial charge in [-0.2, -0.15) is 0 Å². The molecule has 33 heavy (non-hydrogen) atoms. The van der Waals surface area contributed by atoms with Crippen LogP contribution in [0.5, 0.6) is 0 Å². The highest BCUT2D eigenvalue weighted by molar-refractivity contribution is 6.08. The molecule has 0 aliphatic carbocycles. The number of rotatable bonds is 7. The van der Waals surface area contributed by atoms with E-state index < -0.39 is 0 Å². The van der Waals surface area contributed by atoms with E-state index in [1.807, 2.05) is 24.3 Å². The van der Waals surface area contributed by atoms with Crippen LogP contribution in [0.25, 0.3) is 0 Å². The quantitative estimate of drug-likeness (QED) is 0.471. The number of carbonyl (C=O) groups excluding carboxylic acids is 2. The first-order valence-corrected chi connectivity index (χ1v) is 11.1. The van der Waals surface area contributed by atoms with E-state index in [2.05, 4.69) is 20.9 Å². The van der Waals surface area contributed by atoms with Crippen molar-refractivity contribution in [1.29, 1.82) is 0 Å². The molecule has 0 spiro atoms. The number of para-hydroxylation sites is 1. The average molecular weight is 447 g/mol. The average Bonchev–Trinajstić information content (AvgIpc) is 2.85. The summed E-state index contributed by atoms with van der Waals surface area (Å²) in [5, 5.41) is 8.65. The van der Waals surface area contributed by atoms with Gasteiger partial charge in [-0.15, -0.1) is 0 Å². The third-order valence-electron chi connectivity index (χ3n) is 5.59. The number of amides is 2. The molecule has 1 fully saturated rings. The molecule has 3 N–H and O–H groups in total. The molecule has 0 unspecified atom stereocenters. The minimum absolute atomic E-state index is 0.00865. The van der Waals surface area contributed by atoms with Crippen LogP contribution in [0.1, 0.15) is 29.6 Å². The Balaban J connectivity index is 1.32. The molecule has 3 aromatic carbocycles. The van der Waals surface area contributed by atoms with Crippen LogP contribution in [-0.4, -0.2) is 31.4 Å². The van der Waals surface area contributed by atoms with E-state index in [0.717, 1.165) is 18.8 Å². The first-order valence-electron chi connectivity index (χ1n) is 11.1. The molecule has 2 amide bonds. The number of benzene rings is 3. The second kappa shape index (κ2) is 10.6. The Morgan fingerprint density at radius 3 is 2.15 bits per heavy atom. The van der Waals surface area contributed by atoms with Gasteiger partial charge >= 0.3 is 0 Å². The van der Waals surface area contributed by atoms with Gasteiger partial charge in [0.25, 0.3) is 5.91 Å². The molecule has 0 aromatic heterocycles. The second-order valence-electron chi connectivity index (χ2n) is 8.00. The third kappa shape index (κ3) is 6.10. The number of carbonyl (C=O) groups is 2. The molecule has 1 saturated heterocycles. The molecule has 1 heterocycles. The van der Waals surface area contributed by atoms with Crippen molar-refractivity contribution in [2.24, 2.45) is 0 Å². The molecule has 3 aromatic rings. The van der Waals surface area contributed by atoms with E-state index in [9.17, 15) is 14.0 Å². The van der Waals surface area contributed by atoms with Crippen molar-refractivity contribution in [3.05, 3.63) is 84.2 Å². The van der Waals surface area contributed by atoms with Gasteiger partial charge in [-0.3, -0.25) is 9.59 Å². The third-order valence-corrected chi connectivity index (χ3v) is 5.59. The molecular weight excluding hydrogens is 419 g/mol. The summed E-state index contributed by atoms with van der Waals surface area (Å²) >= 11 is 0. The van der Waals surface area contributed by atoms with Gasteiger partial charge in [0, 0.05) is 35.8 Å². The molecule has 0 atom stereocenters. The predicted octanol–water partition coefficient (Wildman–Crippen LogP) is 5.12.